The average molecular weight is 469 g/mol. The Morgan fingerprint density at radius 3 is 2.59 bits per heavy atom. The fourth-order valence-corrected chi connectivity index (χ4v) is 4.52. The highest BCUT2D eigenvalue weighted by Crippen LogP contribution is 2.24. The predicted octanol–water partition coefficient (Wildman–Crippen LogP) is 4.24. The van der Waals surface area contributed by atoms with Gasteiger partial charge in [-0.2, -0.15) is 5.10 Å². The molecule has 1 N–H and O–H groups in total. The van der Waals surface area contributed by atoms with Crippen molar-refractivity contribution in [2.45, 2.75) is 11.4 Å². The topological polar surface area (TPSA) is 84.3 Å². The zero-order valence-electron chi connectivity index (χ0n) is 17.5. The van der Waals surface area contributed by atoms with Crippen LogP contribution in [0.2, 0.25) is 5.02 Å². The molecule has 1 amide bonds. The number of halogens is 1. The molecule has 0 aliphatic heterocycles. The predicted molar refractivity (Wildman–Crippen MR) is 126 cm³/mol. The average Bonchev–Trinajstić information content (AvgIpc) is 3.20. The van der Waals surface area contributed by atoms with Crippen LogP contribution in [0.5, 0.6) is 0 Å². The molecular weight excluding hydrogens is 448 g/mol. The quantitative estimate of drug-likeness (QED) is 0.458. The number of sulfonamides is 1. The normalized spacial score (nSPS) is 11.8. The van der Waals surface area contributed by atoms with Gasteiger partial charge in [-0.1, -0.05) is 54.1 Å². The Kier molecular flexibility index (Phi) is 6.01. The molecule has 0 unspecified atom stereocenters. The molecule has 164 valence electrons. The number of nitrogens with zero attached hydrogens (tertiary/aromatic N) is 3. The fourth-order valence-electron chi connectivity index (χ4n) is 3.39. The van der Waals surface area contributed by atoms with Gasteiger partial charge in [0.25, 0.3) is 5.91 Å². The van der Waals surface area contributed by atoms with Gasteiger partial charge in [0.2, 0.25) is 10.0 Å². The summed E-state index contributed by atoms with van der Waals surface area (Å²) in [5, 5.41) is 9.50. The van der Waals surface area contributed by atoms with E-state index in [4.69, 9.17) is 11.6 Å². The summed E-state index contributed by atoms with van der Waals surface area (Å²) in [6.07, 6.45) is 1.59. The highest BCUT2D eigenvalue weighted by atomic mass is 35.5. The molecule has 0 fully saturated rings. The van der Waals surface area contributed by atoms with Crippen molar-refractivity contribution in [1.29, 1.82) is 0 Å². The minimum atomic E-state index is -3.70. The maximum Gasteiger partial charge on any atom is 0.258 e. The monoisotopic (exact) mass is 468 g/mol. The van der Waals surface area contributed by atoms with Crippen LogP contribution in [-0.2, 0) is 16.6 Å². The molecule has 0 radical (unpaired) electrons. The summed E-state index contributed by atoms with van der Waals surface area (Å²) in [5.74, 6) is -0.0506. The third-order valence-corrected chi connectivity index (χ3v) is 7.26. The molecule has 0 bridgehead atoms. The van der Waals surface area contributed by atoms with E-state index in [1.807, 2.05) is 42.5 Å². The van der Waals surface area contributed by atoms with E-state index in [0.717, 1.165) is 20.6 Å². The van der Waals surface area contributed by atoms with Crippen LogP contribution in [0, 0.1) is 0 Å². The van der Waals surface area contributed by atoms with Gasteiger partial charge in [-0.3, -0.25) is 4.79 Å². The second kappa shape index (κ2) is 8.74. The molecule has 3 aromatic carbocycles. The van der Waals surface area contributed by atoms with E-state index in [-0.39, 0.29) is 15.5 Å². The lowest BCUT2D eigenvalue weighted by molar-refractivity contribution is 0.102. The highest BCUT2D eigenvalue weighted by Gasteiger charge is 2.21. The Bertz CT molecular complexity index is 1410. The molecule has 0 spiro atoms. The van der Waals surface area contributed by atoms with Gasteiger partial charge >= 0.3 is 0 Å². The van der Waals surface area contributed by atoms with Gasteiger partial charge in [0.05, 0.1) is 28.2 Å². The maximum atomic E-state index is 13.0. The van der Waals surface area contributed by atoms with Crippen LogP contribution in [0.4, 0.5) is 5.82 Å². The molecule has 0 atom stereocenters. The van der Waals surface area contributed by atoms with E-state index in [1.165, 1.54) is 32.3 Å². The van der Waals surface area contributed by atoms with E-state index >= 15 is 0 Å². The number of carbonyl (C=O) groups excluding carboxylic acids is 1. The van der Waals surface area contributed by atoms with Gasteiger partial charge in [-0.15, -0.1) is 0 Å². The summed E-state index contributed by atoms with van der Waals surface area (Å²) in [7, 11) is -0.852. The van der Waals surface area contributed by atoms with Crippen molar-refractivity contribution in [3.63, 3.8) is 0 Å². The highest BCUT2D eigenvalue weighted by molar-refractivity contribution is 7.89. The fraction of sp³-hybridized carbons (Fsp3) is 0.130. The van der Waals surface area contributed by atoms with Crippen molar-refractivity contribution in [3.8, 4) is 0 Å². The van der Waals surface area contributed by atoms with Crippen LogP contribution in [0.3, 0.4) is 0 Å². The van der Waals surface area contributed by atoms with Crippen molar-refractivity contribution < 1.29 is 13.2 Å². The van der Waals surface area contributed by atoms with Crippen LogP contribution < -0.4 is 5.32 Å². The molecule has 0 saturated heterocycles. The smallest absolute Gasteiger partial charge is 0.258 e. The van der Waals surface area contributed by atoms with Crippen molar-refractivity contribution >= 4 is 44.1 Å². The molecule has 9 heteroatoms. The molecule has 32 heavy (non-hydrogen) atoms. The molecule has 4 aromatic rings. The molecule has 1 aromatic heterocycles. The number of fused-ring (bicyclic) bond motifs is 1. The summed E-state index contributed by atoms with van der Waals surface area (Å²) in [6, 6.07) is 19.8. The third-order valence-electron chi connectivity index (χ3n) is 5.12. The van der Waals surface area contributed by atoms with E-state index in [2.05, 4.69) is 10.4 Å². The number of benzene rings is 3. The van der Waals surface area contributed by atoms with Gasteiger partial charge in [0, 0.05) is 20.2 Å². The van der Waals surface area contributed by atoms with Crippen LogP contribution >= 0.6 is 11.6 Å². The SMILES string of the molecule is CN(C)S(=O)(=O)c1ccc(Cl)c(C(=O)Nc2ccnn2Cc2cccc3ccccc23)c1. The summed E-state index contributed by atoms with van der Waals surface area (Å²) in [4.78, 5) is 12.9. The molecule has 4 rings (SSSR count). The van der Waals surface area contributed by atoms with Gasteiger partial charge in [0.1, 0.15) is 5.82 Å². The van der Waals surface area contributed by atoms with Gasteiger partial charge in [0.15, 0.2) is 0 Å². The lowest BCUT2D eigenvalue weighted by atomic mass is 10.0. The summed E-state index contributed by atoms with van der Waals surface area (Å²) in [6.45, 7) is 0.451. The van der Waals surface area contributed by atoms with Crippen molar-refractivity contribution in [2.24, 2.45) is 0 Å². The Morgan fingerprint density at radius 2 is 1.81 bits per heavy atom. The summed E-state index contributed by atoms with van der Waals surface area (Å²) >= 11 is 6.20. The van der Waals surface area contributed by atoms with Crippen LogP contribution in [-0.4, -0.2) is 42.5 Å². The molecule has 1 heterocycles. The van der Waals surface area contributed by atoms with E-state index in [1.54, 1.807) is 16.9 Å². The number of rotatable bonds is 6. The summed E-state index contributed by atoms with van der Waals surface area (Å²) in [5.41, 5.74) is 1.12. The van der Waals surface area contributed by atoms with E-state index < -0.39 is 15.9 Å². The van der Waals surface area contributed by atoms with Gasteiger partial charge in [-0.05, 0) is 34.5 Å². The first-order valence-corrected chi connectivity index (χ1v) is 11.6. The Labute approximate surface area is 191 Å². The minimum Gasteiger partial charge on any atom is -0.307 e. The zero-order valence-corrected chi connectivity index (χ0v) is 19.1. The number of nitrogens with one attached hydrogen (secondary N) is 1. The number of hydrogen-bond acceptors (Lipinski definition) is 4. The Morgan fingerprint density at radius 1 is 1.06 bits per heavy atom. The first kappa shape index (κ1) is 22.0. The molecule has 0 aliphatic rings. The molecule has 0 aliphatic carbocycles. The van der Waals surface area contributed by atoms with Crippen LogP contribution in [0.25, 0.3) is 10.8 Å². The molecule has 7 nitrogen and oxygen atoms in total. The minimum absolute atomic E-state index is 0.0127. The lowest BCUT2D eigenvalue weighted by Crippen LogP contribution is -2.23. The van der Waals surface area contributed by atoms with Crippen molar-refractivity contribution in [3.05, 3.63) is 89.1 Å². The second-order valence-electron chi connectivity index (χ2n) is 7.40. The standard InChI is InChI=1S/C23H21ClN4O3S/c1-27(2)32(30,31)18-10-11-21(24)20(14-18)23(29)26-22-12-13-25-28(22)15-17-8-5-7-16-6-3-4-9-19(16)17/h3-14H,15H2,1-2H3,(H,26,29). The first-order chi connectivity index (χ1) is 15.3. The largest absolute Gasteiger partial charge is 0.307 e. The summed E-state index contributed by atoms with van der Waals surface area (Å²) < 4.78 is 27.6. The number of aromatic nitrogens is 2. The maximum absolute atomic E-state index is 13.0. The van der Waals surface area contributed by atoms with Crippen molar-refractivity contribution in [2.75, 3.05) is 19.4 Å². The van der Waals surface area contributed by atoms with Crippen LogP contribution in [0.1, 0.15) is 15.9 Å². The van der Waals surface area contributed by atoms with E-state index in [9.17, 15) is 13.2 Å². The second-order valence-corrected chi connectivity index (χ2v) is 9.95. The van der Waals surface area contributed by atoms with Gasteiger partial charge < -0.3 is 5.32 Å². The Hall–Kier alpha value is -3.20. The Balaban J connectivity index is 1.62. The lowest BCUT2D eigenvalue weighted by Gasteiger charge is -2.14. The van der Waals surface area contributed by atoms with Crippen LogP contribution in [0.15, 0.2) is 77.8 Å². The van der Waals surface area contributed by atoms with Gasteiger partial charge in [-0.25, -0.2) is 17.4 Å². The number of amides is 1. The molecule has 0 saturated carbocycles. The molecular formula is C23H21ClN4O3S. The zero-order chi connectivity index (χ0) is 22.9. The van der Waals surface area contributed by atoms with E-state index in [0.29, 0.717) is 12.4 Å². The third kappa shape index (κ3) is 4.25. The first-order valence-electron chi connectivity index (χ1n) is 9.79. The van der Waals surface area contributed by atoms with Crippen molar-refractivity contribution in [1.82, 2.24) is 14.1 Å². The number of carbonyl (C=O) groups is 1. The number of anilines is 1. The number of hydrogen-bond donors (Lipinski definition) is 1.